The van der Waals surface area contributed by atoms with Gasteiger partial charge in [-0.3, -0.25) is 0 Å². The van der Waals surface area contributed by atoms with Crippen LogP contribution in [0.5, 0.6) is 0 Å². The van der Waals surface area contributed by atoms with Gasteiger partial charge in [-0.05, 0) is 30.4 Å². The van der Waals surface area contributed by atoms with E-state index < -0.39 is 0 Å². The summed E-state index contributed by atoms with van der Waals surface area (Å²) in [7, 11) is 0. The summed E-state index contributed by atoms with van der Waals surface area (Å²) >= 11 is 0. The van der Waals surface area contributed by atoms with E-state index in [1.54, 1.807) is 0 Å². The van der Waals surface area contributed by atoms with Crippen LogP contribution in [0.15, 0.2) is 18.2 Å². The van der Waals surface area contributed by atoms with Gasteiger partial charge in [-0.15, -0.1) is 0 Å². The number of benzene rings is 1. The summed E-state index contributed by atoms with van der Waals surface area (Å²) in [5, 5.41) is 0. The molecule has 2 heteroatoms. The van der Waals surface area contributed by atoms with Gasteiger partial charge in [-0.1, -0.05) is 52.8 Å². The molecule has 2 nitrogen and oxygen atoms in total. The molecule has 0 saturated carbocycles. The minimum atomic E-state index is -0.215. The topological polar surface area (TPSA) is 26.3 Å². The summed E-state index contributed by atoms with van der Waals surface area (Å²) in [5.41, 5.74) is 2.68. The van der Waals surface area contributed by atoms with Gasteiger partial charge >= 0.3 is 5.97 Å². The SMILES string of the molecule is Cc1cccc(C)c1C(=O)OCC(C)(C)C(C)(C)C. The van der Waals surface area contributed by atoms with Crippen LogP contribution in [0.4, 0.5) is 0 Å². The monoisotopic (exact) mass is 262 g/mol. The van der Waals surface area contributed by atoms with Gasteiger partial charge in [0.05, 0.1) is 12.2 Å². The molecule has 0 amide bonds. The summed E-state index contributed by atoms with van der Waals surface area (Å²) in [6.45, 7) is 15.1. The average Bonchev–Trinajstić information content (AvgIpc) is 2.24. The second-order valence-corrected chi connectivity index (χ2v) is 6.98. The van der Waals surface area contributed by atoms with E-state index in [4.69, 9.17) is 4.74 Å². The normalized spacial score (nSPS) is 12.4. The van der Waals surface area contributed by atoms with Crippen LogP contribution >= 0.6 is 0 Å². The van der Waals surface area contributed by atoms with Gasteiger partial charge in [-0.25, -0.2) is 4.79 Å². The predicted octanol–water partition coefficient (Wildman–Crippen LogP) is 4.53. The van der Waals surface area contributed by atoms with Crippen molar-refractivity contribution in [3.05, 3.63) is 34.9 Å². The fourth-order valence-corrected chi connectivity index (χ4v) is 1.67. The van der Waals surface area contributed by atoms with Crippen molar-refractivity contribution in [1.29, 1.82) is 0 Å². The number of hydrogen-bond acceptors (Lipinski definition) is 2. The molecular weight excluding hydrogens is 236 g/mol. The zero-order chi connectivity index (χ0) is 14.8. The maximum atomic E-state index is 12.2. The zero-order valence-corrected chi connectivity index (χ0v) is 13.3. The van der Waals surface area contributed by atoms with Crippen LogP contribution in [0.1, 0.15) is 56.1 Å². The number of ether oxygens (including phenoxy) is 1. The highest BCUT2D eigenvalue weighted by atomic mass is 16.5. The average molecular weight is 262 g/mol. The van der Waals surface area contributed by atoms with E-state index in [0.717, 1.165) is 11.1 Å². The molecule has 0 spiro atoms. The Bertz CT molecular complexity index is 444. The van der Waals surface area contributed by atoms with Crippen LogP contribution in [0.2, 0.25) is 0 Å². The summed E-state index contributed by atoms with van der Waals surface area (Å²) in [5.74, 6) is -0.215. The lowest BCUT2D eigenvalue weighted by Gasteiger charge is -2.38. The van der Waals surface area contributed by atoms with Crippen molar-refractivity contribution < 1.29 is 9.53 Å². The Kier molecular flexibility index (Phi) is 4.44. The molecule has 0 aliphatic heterocycles. The lowest BCUT2D eigenvalue weighted by molar-refractivity contribution is 0.00565. The number of aryl methyl sites for hydroxylation is 2. The summed E-state index contributed by atoms with van der Waals surface area (Å²) in [6, 6.07) is 5.84. The van der Waals surface area contributed by atoms with Gasteiger partial charge in [0.15, 0.2) is 0 Å². The quantitative estimate of drug-likeness (QED) is 0.748. The lowest BCUT2D eigenvalue weighted by atomic mass is 9.70. The fraction of sp³-hybridized carbons (Fsp3) is 0.588. The maximum absolute atomic E-state index is 12.2. The number of carbonyl (C=O) groups is 1. The van der Waals surface area contributed by atoms with Gasteiger partial charge in [0.2, 0.25) is 0 Å². The van der Waals surface area contributed by atoms with Gasteiger partial charge in [0.25, 0.3) is 0 Å². The molecule has 1 rings (SSSR count). The van der Waals surface area contributed by atoms with Crippen molar-refractivity contribution in [2.75, 3.05) is 6.61 Å². The Morgan fingerprint density at radius 3 is 1.95 bits per heavy atom. The van der Waals surface area contributed by atoms with Gasteiger partial charge in [0.1, 0.15) is 0 Å². The summed E-state index contributed by atoms with van der Waals surface area (Å²) in [6.07, 6.45) is 0. The van der Waals surface area contributed by atoms with Crippen LogP contribution in [0, 0.1) is 24.7 Å². The van der Waals surface area contributed by atoms with Crippen LogP contribution in [0.25, 0.3) is 0 Å². The van der Waals surface area contributed by atoms with Crippen LogP contribution in [-0.2, 0) is 4.74 Å². The van der Waals surface area contributed by atoms with E-state index in [9.17, 15) is 4.79 Å². The summed E-state index contributed by atoms with van der Waals surface area (Å²) in [4.78, 5) is 12.2. The first-order valence-corrected chi connectivity index (χ1v) is 6.79. The minimum absolute atomic E-state index is 0.0563. The first-order chi connectivity index (χ1) is 8.56. The van der Waals surface area contributed by atoms with Crippen molar-refractivity contribution in [1.82, 2.24) is 0 Å². The minimum Gasteiger partial charge on any atom is -0.461 e. The van der Waals surface area contributed by atoms with Gasteiger partial charge in [0, 0.05) is 5.41 Å². The number of rotatable bonds is 3. The second kappa shape index (κ2) is 5.36. The number of carbonyl (C=O) groups excluding carboxylic acids is 1. The molecule has 0 saturated heterocycles. The Balaban J connectivity index is 2.83. The summed E-state index contributed by atoms with van der Waals surface area (Å²) < 4.78 is 5.54. The van der Waals surface area contributed by atoms with E-state index in [1.807, 2.05) is 32.0 Å². The lowest BCUT2D eigenvalue weighted by Crippen LogP contribution is -2.35. The predicted molar refractivity (Wildman–Crippen MR) is 79.4 cm³/mol. The van der Waals surface area contributed by atoms with Gasteiger partial charge < -0.3 is 4.74 Å². The van der Waals surface area contributed by atoms with E-state index >= 15 is 0 Å². The molecular formula is C17H26O2. The van der Waals surface area contributed by atoms with E-state index in [-0.39, 0.29) is 16.8 Å². The molecule has 1 aromatic carbocycles. The van der Waals surface area contributed by atoms with E-state index in [1.165, 1.54) is 0 Å². The largest absolute Gasteiger partial charge is 0.461 e. The highest BCUT2D eigenvalue weighted by molar-refractivity contribution is 5.92. The van der Waals surface area contributed by atoms with E-state index in [2.05, 4.69) is 34.6 Å². The molecule has 1 aromatic rings. The standard InChI is InChI=1S/C17H26O2/c1-12-9-8-10-13(2)14(12)15(18)19-11-17(6,7)16(3,4)5/h8-10H,11H2,1-7H3. The Morgan fingerprint density at radius 2 is 1.53 bits per heavy atom. The Labute approximate surface area is 117 Å². The molecule has 0 unspecified atom stereocenters. The van der Waals surface area contributed by atoms with Crippen LogP contribution < -0.4 is 0 Å². The molecule has 0 radical (unpaired) electrons. The number of hydrogen-bond donors (Lipinski definition) is 0. The first-order valence-electron chi connectivity index (χ1n) is 6.79. The zero-order valence-electron chi connectivity index (χ0n) is 13.3. The third-order valence-electron chi connectivity index (χ3n) is 4.28. The molecule has 19 heavy (non-hydrogen) atoms. The highest BCUT2D eigenvalue weighted by Gasteiger charge is 2.34. The van der Waals surface area contributed by atoms with Crippen molar-refractivity contribution >= 4 is 5.97 Å². The third kappa shape index (κ3) is 3.59. The van der Waals surface area contributed by atoms with E-state index in [0.29, 0.717) is 12.2 Å². The van der Waals surface area contributed by atoms with Crippen LogP contribution in [0.3, 0.4) is 0 Å². The Hall–Kier alpha value is -1.31. The van der Waals surface area contributed by atoms with Gasteiger partial charge in [-0.2, -0.15) is 0 Å². The molecule has 0 atom stereocenters. The van der Waals surface area contributed by atoms with Crippen molar-refractivity contribution in [2.45, 2.75) is 48.5 Å². The third-order valence-corrected chi connectivity index (χ3v) is 4.28. The molecule has 0 aliphatic rings. The first kappa shape index (κ1) is 15.7. The Morgan fingerprint density at radius 1 is 1.05 bits per heavy atom. The maximum Gasteiger partial charge on any atom is 0.338 e. The highest BCUT2D eigenvalue weighted by Crippen LogP contribution is 2.38. The van der Waals surface area contributed by atoms with Crippen molar-refractivity contribution in [2.24, 2.45) is 10.8 Å². The molecule has 0 fully saturated rings. The number of esters is 1. The molecule has 0 heterocycles. The molecule has 106 valence electrons. The van der Waals surface area contributed by atoms with Crippen LogP contribution in [-0.4, -0.2) is 12.6 Å². The fourth-order valence-electron chi connectivity index (χ4n) is 1.67. The molecule has 0 aromatic heterocycles. The van der Waals surface area contributed by atoms with Crippen molar-refractivity contribution in [3.8, 4) is 0 Å². The molecule has 0 aliphatic carbocycles. The van der Waals surface area contributed by atoms with Crippen molar-refractivity contribution in [3.63, 3.8) is 0 Å². The second-order valence-electron chi connectivity index (χ2n) is 6.98. The molecule has 0 N–H and O–H groups in total. The molecule has 0 bridgehead atoms. The smallest absolute Gasteiger partial charge is 0.338 e.